The molecule has 2 unspecified atom stereocenters. The van der Waals surface area contributed by atoms with Gasteiger partial charge in [0.25, 0.3) is 0 Å². The van der Waals surface area contributed by atoms with Crippen LogP contribution >= 0.6 is 0 Å². The maximum atomic E-state index is 10.6. The summed E-state index contributed by atoms with van der Waals surface area (Å²) in [4.78, 5) is 21.3. The van der Waals surface area contributed by atoms with Gasteiger partial charge in [0.15, 0.2) is 0 Å². The van der Waals surface area contributed by atoms with Crippen molar-refractivity contribution in [2.45, 2.75) is 51.7 Å². The SMILES string of the molecule is CC(=O)CCC1OC1CCC(C)=O. The number of carbonyl (C=O) groups is 2. The third-order valence-corrected chi connectivity index (χ3v) is 2.25. The highest BCUT2D eigenvalue weighted by Gasteiger charge is 2.37. The highest BCUT2D eigenvalue weighted by atomic mass is 16.6. The third-order valence-electron chi connectivity index (χ3n) is 2.25. The lowest BCUT2D eigenvalue weighted by Gasteiger charge is -1.92. The monoisotopic (exact) mass is 184 g/mol. The Morgan fingerprint density at radius 2 is 1.38 bits per heavy atom. The van der Waals surface area contributed by atoms with Gasteiger partial charge in [0, 0.05) is 12.8 Å². The number of Topliss-reactive ketones (excluding diaryl/α,β-unsaturated/α-hetero) is 2. The zero-order valence-electron chi connectivity index (χ0n) is 8.21. The molecule has 1 heterocycles. The second-order valence-corrected chi connectivity index (χ2v) is 3.69. The molecule has 1 fully saturated rings. The Morgan fingerprint density at radius 1 is 1.00 bits per heavy atom. The summed E-state index contributed by atoms with van der Waals surface area (Å²) in [5.74, 6) is 0.418. The summed E-state index contributed by atoms with van der Waals surface area (Å²) >= 11 is 0. The summed E-state index contributed by atoms with van der Waals surface area (Å²) in [7, 11) is 0. The Hall–Kier alpha value is -0.700. The molecule has 1 aliphatic heterocycles. The lowest BCUT2D eigenvalue weighted by Crippen LogP contribution is -2.00. The lowest BCUT2D eigenvalue weighted by molar-refractivity contribution is -0.118. The molecule has 0 N–H and O–H groups in total. The van der Waals surface area contributed by atoms with Gasteiger partial charge in [-0.15, -0.1) is 0 Å². The average Bonchev–Trinajstić information content (AvgIpc) is 2.76. The van der Waals surface area contributed by atoms with Gasteiger partial charge in [-0.3, -0.25) is 0 Å². The normalized spacial score (nSPS) is 25.7. The molecule has 1 saturated heterocycles. The van der Waals surface area contributed by atoms with Gasteiger partial charge in [-0.1, -0.05) is 0 Å². The summed E-state index contributed by atoms with van der Waals surface area (Å²) in [6, 6.07) is 0. The Labute approximate surface area is 78.5 Å². The molecule has 3 nitrogen and oxygen atoms in total. The number of carbonyl (C=O) groups excluding carboxylic acids is 2. The van der Waals surface area contributed by atoms with Crippen molar-refractivity contribution < 1.29 is 14.3 Å². The second kappa shape index (κ2) is 4.51. The minimum atomic E-state index is 0.209. The molecule has 0 bridgehead atoms. The van der Waals surface area contributed by atoms with Crippen LogP contribution < -0.4 is 0 Å². The van der Waals surface area contributed by atoms with Crippen molar-refractivity contribution in [3.8, 4) is 0 Å². The first kappa shape index (κ1) is 10.4. The predicted molar refractivity (Wildman–Crippen MR) is 48.5 cm³/mol. The van der Waals surface area contributed by atoms with Crippen molar-refractivity contribution in [3.63, 3.8) is 0 Å². The maximum Gasteiger partial charge on any atom is 0.129 e. The highest BCUT2D eigenvalue weighted by molar-refractivity contribution is 5.75. The number of epoxide rings is 1. The van der Waals surface area contributed by atoms with Gasteiger partial charge in [-0.2, -0.15) is 0 Å². The van der Waals surface area contributed by atoms with E-state index in [1.54, 1.807) is 13.8 Å². The van der Waals surface area contributed by atoms with E-state index in [-0.39, 0.29) is 23.8 Å². The van der Waals surface area contributed by atoms with E-state index in [9.17, 15) is 9.59 Å². The summed E-state index contributed by atoms with van der Waals surface area (Å²) in [6.45, 7) is 3.18. The number of ether oxygens (including phenoxy) is 1. The van der Waals surface area contributed by atoms with Crippen LogP contribution in [0.15, 0.2) is 0 Å². The first-order chi connectivity index (χ1) is 6.09. The maximum absolute atomic E-state index is 10.6. The molecule has 0 aromatic rings. The number of hydrogen-bond donors (Lipinski definition) is 0. The molecule has 3 heteroatoms. The van der Waals surface area contributed by atoms with E-state index >= 15 is 0 Å². The average molecular weight is 184 g/mol. The Morgan fingerprint density at radius 3 is 1.69 bits per heavy atom. The van der Waals surface area contributed by atoms with Crippen LogP contribution in [0.5, 0.6) is 0 Å². The predicted octanol–water partition coefficient (Wildman–Crippen LogP) is 1.49. The minimum absolute atomic E-state index is 0.209. The van der Waals surface area contributed by atoms with E-state index in [2.05, 4.69) is 0 Å². The van der Waals surface area contributed by atoms with Crippen molar-refractivity contribution in [2.24, 2.45) is 0 Å². The standard InChI is InChI=1S/C10H16O3/c1-7(11)3-5-9-10(13-9)6-4-8(2)12/h9-10H,3-6H2,1-2H3. The van der Waals surface area contributed by atoms with Crippen LogP contribution in [0, 0.1) is 0 Å². The number of ketones is 2. The molecule has 74 valence electrons. The van der Waals surface area contributed by atoms with Gasteiger partial charge in [0.05, 0.1) is 12.2 Å². The molecular weight excluding hydrogens is 168 g/mol. The van der Waals surface area contributed by atoms with Gasteiger partial charge in [0.1, 0.15) is 11.6 Å². The van der Waals surface area contributed by atoms with Gasteiger partial charge < -0.3 is 14.3 Å². The summed E-state index contributed by atoms with van der Waals surface area (Å²) < 4.78 is 5.31. The van der Waals surface area contributed by atoms with E-state index < -0.39 is 0 Å². The highest BCUT2D eigenvalue weighted by Crippen LogP contribution is 2.30. The van der Waals surface area contributed by atoms with Gasteiger partial charge >= 0.3 is 0 Å². The Balaban J connectivity index is 2.02. The topological polar surface area (TPSA) is 46.7 Å². The zero-order valence-corrected chi connectivity index (χ0v) is 8.21. The van der Waals surface area contributed by atoms with E-state index in [1.165, 1.54) is 0 Å². The molecule has 1 rings (SSSR count). The van der Waals surface area contributed by atoms with Crippen LogP contribution in [0.3, 0.4) is 0 Å². The second-order valence-electron chi connectivity index (χ2n) is 3.69. The Kier molecular flexibility index (Phi) is 3.60. The molecule has 2 atom stereocenters. The molecule has 1 aliphatic rings. The van der Waals surface area contributed by atoms with E-state index in [0.29, 0.717) is 12.8 Å². The van der Waals surface area contributed by atoms with Crippen LogP contribution in [0.1, 0.15) is 39.5 Å². The smallest absolute Gasteiger partial charge is 0.129 e. The zero-order chi connectivity index (χ0) is 9.84. The fraction of sp³-hybridized carbons (Fsp3) is 0.800. The molecule has 0 aromatic heterocycles. The molecule has 13 heavy (non-hydrogen) atoms. The summed E-state index contributed by atoms with van der Waals surface area (Å²) in [6.07, 6.45) is 3.31. The number of hydrogen-bond acceptors (Lipinski definition) is 3. The Bertz CT molecular complexity index is 188. The first-order valence-corrected chi connectivity index (χ1v) is 4.74. The van der Waals surface area contributed by atoms with Gasteiger partial charge in [-0.25, -0.2) is 0 Å². The molecule has 0 amide bonds. The van der Waals surface area contributed by atoms with Crippen molar-refractivity contribution in [1.82, 2.24) is 0 Å². The van der Waals surface area contributed by atoms with Crippen molar-refractivity contribution in [3.05, 3.63) is 0 Å². The molecule has 0 aliphatic carbocycles. The molecule has 0 radical (unpaired) electrons. The third kappa shape index (κ3) is 4.18. The van der Waals surface area contributed by atoms with E-state index in [4.69, 9.17) is 4.74 Å². The van der Waals surface area contributed by atoms with Gasteiger partial charge in [0.2, 0.25) is 0 Å². The first-order valence-electron chi connectivity index (χ1n) is 4.74. The fourth-order valence-electron chi connectivity index (χ4n) is 1.38. The number of rotatable bonds is 6. The van der Waals surface area contributed by atoms with Crippen LogP contribution in [0.4, 0.5) is 0 Å². The van der Waals surface area contributed by atoms with Crippen LogP contribution in [0.25, 0.3) is 0 Å². The molecular formula is C10H16O3. The fourth-order valence-corrected chi connectivity index (χ4v) is 1.38. The summed E-state index contributed by atoms with van der Waals surface area (Å²) in [5, 5.41) is 0. The molecule has 0 spiro atoms. The summed E-state index contributed by atoms with van der Waals surface area (Å²) in [5.41, 5.74) is 0. The quantitative estimate of drug-likeness (QED) is 0.587. The van der Waals surface area contributed by atoms with Crippen LogP contribution in [-0.4, -0.2) is 23.8 Å². The molecule has 0 saturated carbocycles. The van der Waals surface area contributed by atoms with Crippen LogP contribution in [-0.2, 0) is 14.3 Å². The van der Waals surface area contributed by atoms with E-state index in [1.807, 2.05) is 0 Å². The lowest BCUT2D eigenvalue weighted by atomic mass is 10.1. The van der Waals surface area contributed by atoms with Crippen LogP contribution in [0.2, 0.25) is 0 Å². The van der Waals surface area contributed by atoms with Crippen molar-refractivity contribution in [2.75, 3.05) is 0 Å². The van der Waals surface area contributed by atoms with Gasteiger partial charge in [-0.05, 0) is 26.7 Å². The van der Waals surface area contributed by atoms with Crippen molar-refractivity contribution >= 4 is 11.6 Å². The largest absolute Gasteiger partial charge is 0.370 e. The minimum Gasteiger partial charge on any atom is -0.370 e. The van der Waals surface area contributed by atoms with E-state index in [0.717, 1.165) is 12.8 Å². The molecule has 0 aromatic carbocycles. The van der Waals surface area contributed by atoms with Crippen molar-refractivity contribution in [1.29, 1.82) is 0 Å².